The third-order valence-electron chi connectivity index (χ3n) is 5.39. The molecule has 0 spiro atoms. The number of rotatable bonds is 8. The van der Waals surface area contributed by atoms with Crippen molar-refractivity contribution in [1.82, 2.24) is 25.5 Å². The van der Waals surface area contributed by atoms with E-state index >= 15 is 0 Å². The summed E-state index contributed by atoms with van der Waals surface area (Å²) in [4.78, 5) is 46.5. The lowest BCUT2D eigenvalue weighted by molar-refractivity contribution is 0.0889. The van der Waals surface area contributed by atoms with Crippen LogP contribution in [0.15, 0.2) is 60.8 Å². The molecule has 3 rings (SSSR count). The van der Waals surface area contributed by atoms with Crippen LogP contribution in [0.3, 0.4) is 0 Å². The monoisotopic (exact) mass is 490 g/mol. The Morgan fingerprint density at radius 1 is 1.00 bits per heavy atom. The molecule has 0 saturated heterocycles. The fourth-order valence-corrected chi connectivity index (χ4v) is 3.49. The van der Waals surface area contributed by atoms with Crippen LogP contribution in [0, 0.1) is 0 Å². The quantitative estimate of drug-likeness (QED) is 0.379. The van der Waals surface area contributed by atoms with Gasteiger partial charge in [-0.1, -0.05) is 42.5 Å². The number of carbonyl (C=O) groups is 3. The Morgan fingerprint density at radius 3 is 2.39 bits per heavy atom. The molecule has 0 bridgehead atoms. The molecular formula is C26H30N6O4. The van der Waals surface area contributed by atoms with Crippen LogP contribution in [0.1, 0.15) is 47.2 Å². The summed E-state index contributed by atoms with van der Waals surface area (Å²) in [6.45, 7) is 5.87. The molecule has 1 aromatic heterocycles. The number of carbonyl (C=O) groups excluding carboxylic acids is 2. The van der Waals surface area contributed by atoms with Crippen molar-refractivity contribution < 1.29 is 19.5 Å². The second-order valence-electron chi connectivity index (χ2n) is 9.10. The van der Waals surface area contributed by atoms with E-state index in [9.17, 15) is 19.5 Å². The van der Waals surface area contributed by atoms with E-state index in [1.807, 2.05) is 30.3 Å². The molecule has 0 aliphatic heterocycles. The fraction of sp³-hybridized carbons (Fsp3) is 0.269. The molecule has 188 valence electrons. The van der Waals surface area contributed by atoms with Gasteiger partial charge in [0.1, 0.15) is 0 Å². The number of nitrogens with one attached hydrogen (secondary N) is 2. The predicted octanol–water partition coefficient (Wildman–Crippen LogP) is 3.16. The number of nitrogen functional groups attached to an aromatic ring is 1. The summed E-state index contributed by atoms with van der Waals surface area (Å²) < 4.78 is 0. The molecule has 0 atom stereocenters. The van der Waals surface area contributed by atoms with Gasteiger partial charge < -0.3 is 26.4 Å². The molecule has 0 unspecified atom stereocenters. The first-order valence-corrected chi connectivity index (χ1v) is 11.4. The van der Waals surface area contributed by atoms with Gasteiger partial charge in [-0.25, -0.2) is 14.8 Å². The van der Waals surface area contributed by atoms with Crippen molar-refractivity contribution in [3.05, 3.63) is 77.6 Å². The molecule has 10 nitrogen and oxygen atoms in total. The fourth-order valence-electron chi connectivity index (χ4n) is 3.49. The molecule has 3 aromatic rings. The maximum Gasteiger partial charge on any atom is 0.407 e. The number of amides is 3. The Labute approximate surface area is 209 Å². The Bertz CT molecular complexity index is 1240. The Hall–Kier alpha value is -4.47. The van der Waals surface area contributed by atoms with Crippen molar-refractivity contribution in [2.45, 2.75) is 32.9 Å². The van der Waals surface area contributed by atoms with E-state index in [1.54, 1.807) is 45.0 Å². The van der Waals surface area contributed by atoms with Gasteiger partial charge in [-0.15, -0.1) is 0 Å². The Balaban J connectivity index is 1.70. The molecule has 1 heterocycles. The zero-order valence-electron chi connectivity index (χ0n) is 20.5. The minimum Gasteiger partial charge on any atom is -0.465 e. The molecule has 10 heteroatoms. The van der Waals surface area contributed by atoms with Gasteiger partial charge in [0.2, 0.25) is 0 Å². The van der Waals surface area contributed by atoms with Crippen molar-refractivity contribution in [2.75, 3.05) is 18.8 Å². The van der Waals surface area contributed by atoms with E-state index in [2.05, 4.69) is 20.6 Å². The largest absolute Gasteiger partial charge is 0.465 e. The van der Waals surface area contributed by atoms with E-state index in [-0.39, 0.29) is 30.5 Å². The van der Waals surface area contributed by atoms with E-state index in [1.165, 1.54) is 11.1 Å². The summed E-state index contributed by atoms with van der Waals surface area (Å²) in [5.74, 6) is -0.874. The molecule has 36 heavy (non-hydrogen) atoms. The van der Waals surface area contributed by atoms with Crippen molar-refractivity contribution in [2.24, 2.45) is 0 Å². The number of anilines is 1. The molecule has 0 aliphatic rings. The Kier molecular flexibility index (Phi) is 8.21. The van der Waals surface area contributed by atoms with Crippen LogP contribution < -0.4 is 16.4 Å². The first kappa shape index (κ1) is 26.1. The minimum atomic E-state index is -1.08. The lowest BCUT2D eigenvalue weighted by Crippen LogP contribution is -2.48. The van der Waals surface area contributed by atoms with Crippen molar-refractivity contribution >= 4 is 23.7 Å². The van der Waals surface area contributed by atoms with Gasteiger partial charge in [0.25, 0.3) is 11.8 Å². The van der Waals surface area contributed by atoms with Gasteiger partial charge in [-0.05, 0) is 38.5 Å². The SMILES string of the molecule is CC(C)(C)N(CCNC(=O)c1nc(-c2cccc(C(=O)NCc3ccccc3)c2)cnc1N)C(=O)O. The van der Waals surface area contributed by atoms with E-state index < -0.39 is 17.5 Å². The number of hydrogen-bond donors (Lipinski definition) is 4. The molecule has 3 amide bonds. The third kappa shape index (κ3) is 6.78. The van der Waals surface area contributed by atoms with Crippen LogP contribution in [0.4, 0.5) is 10.6 Å². The summed E-state index contributed by atoms with van der Waals surface area (Å²) in [7, 11) is 0. The molecule has 0 saturated carbocycles. The van der Waals surface area contributed by atoms with Crippen LogP contribution >= 0.6 is 0 Å². The summed E-state index contributed by atoms with van der Waals surface area (Å²) in [6, 6.07) is 16.4. The topological polar surface area (TPSA) is 151 Å². The average Bonchev–Trinajstić information content (AvgIpc) is 2.85. The highest BCUT2D eigenvalue weighted by Gasteiger charge is 2.26. The highest BCUT2D eigenvalue weighted by Crippen LogP contribution is 2.20. The normalized spacial score (nSPS) is 11.0. The van der Waals surface area contributed by atoms with Crippen molar-refractivity contribution in [1.29, 1.82) is 0 Å². The second kappa shape index (κ2) is 11.3. The first-order valence-electron chi connectivity index (χ1n) is 11.4. The highest BCUT2D eigenvalue weighted by atomic mass is 16.4. The first-order chi connectivity index (χ1) is 17.1. The van der Waals surface area contributed by atoms with E-state index in [0.717, 1.165) is 5.56 Å². The van der Waals surface area contributed by atoms with E-state index in [0.29, 0.717) is 23.4 Å². The Morgan fingerprint density at radius 2 is 1.72 bits per heavy atom. The zero-order chi connectivity index (χ0) is 26.3. The van der Waals surface area contributed by atoms with Crippen LogP contribution in [0.25, 0.3) is 11.3 Å². The minimum absolute atomic E-state index is 0.0566. The number of carboxylic acid groups (broad SMARTS) is 1. The van der Waals surface area contributed by atoms with Gasteiger partial charge in [0, 0.05) is 36.3 Å². The molecule has 0 radical (unpaired) electrons. The van der Waals surface area contributed by atoms with Crippen LogP contribution in [-0.2, 0) is 6.54 Å². The van der Waals surface area contributed by atoms with Gasteiger partial charge >= 0.3 is 6.09 Å². The summed E-state index contributed by atoms with van der Waals surface area (Å²) in [6.07, 6.45) is 0.351. The van der Waals surface area contributed by atoms with Crippen LogP contribution in [0.5, 0.6) is 0 Å². The average molecular weight is 491 g/mol. The zero-order valence-corrected chi connectivity index (χ0v) is 20.5. The van der Waals surface area contributed by atoms with Gasteiger partial charge in [0.15, 0.2) is 11.5 Å². The molecule has 0 fully saturated rings. The summed E-state index contributed by atoms with van der Waals surface area (Å²) in [5, 5.41) is 14.9. The molecule has 5 N–H and O–H groups in total. The number of nitrogens with two attached hydrogens (primary N) is 1. The summed E-state index contributed by atoms with van der Waals surface area (Å²) >= 11 is 0. The molecular weight excluding hydrogens is 460 g/mol. The third-order valence-corrected chi connectivity index (χ3v) is 5.39. The maximum absolute atomic E-state index is 12.7. The van der Waals surface area contributed by atoms with Crippen molar-refractivity contribution in [3.8, 4) is 11.3 Å². The number of nitrogens with zero attached hydrogens (tertiary/aromatic N) is 3. The maximum atomic E-state index is 12.7. The van der Waals surface area contributed by atoms with Crippen molar-refractivity contribution in [3.63, 3.8) is 0 Å². The number of hydrogen-bond acceptors (Lipinski definition) is 6. The molecule has 0 aliphatic carbocycles. The van der Waals surface area contributed by atoms with Crippen LogP contribution in [0.2, 0.25) is 0 Å². The van der Waals surface area contributed by atoms with Gasteiger partial charge in [-0.3, -0.25) is 9.59 Å². The predicted molar refractivity (Wildman–Crippen MR) is 136 cm³/mol. The van der Waals surface area contributed by atoms with Gasteiger partial charge in [0.05, 0.1) is 11.9 Å². The second-order valence-corrected chi connectivity index (χ2v) is 9.10. The summed E-state index contributed by atoms with van der Waals surface area (Å²) in [5.41, 5.74) is 7.57. The number of benzene rings is 2. The lowest BCUT2D eigenvalue weighted by atomic mass is 10.1. The lowest BCUT2D eigenvalue weighted by Gasteiger charge is -2.33. The van der Waals surface area contributed by atoms with E-state index in [4.69, 9.17) is 5.73 Å². The standard InChI is InChI=1S/C26H30N6O4/c1-26(2,3)32(25(35)36)13-12-28-24(34)21-22(27)29-16-20(31-21)18-10-7-11-19(14-18)23(33)30-15-17-8-5-4-6-9-17/h4-11,14,16H,12-13,15H2,1-3H3,(H2,27,29)(H,28,34)(H,30,33)(H,35,36). The molecule has 2 aromatic carbocycles. The smallest absolute Gasteiger partial charge is 0.407 e. The highest BCUT2D eigenvalue weighted by molar-refractivity contribution is 5.97. The van der Waals surface area contributed by atoms with Gasteiger partial charge in [-0.2, -0.15) is 0 Å². The number of aromatic nitrogens is 2. The van der Waals surface area contributed by atoms with Crippen LogP contribution in [-0.4, -0.2) is 56.5 Å².